The fourth-order valence-corrected chi connectivity index (χ4v) is 4.32. The lowest BCUT2D eigenvalue weighted by molar-refractivity contribution is -0.135. The van der Waals surface area contributed by atoms with Crippen molar-refractivity contribution in [1.82, 2.24) is 0 Å². The molecule has 0 saturated heterocycles. The molecule has 6 heteroatoms. The Morgan fingerprint density at radius 3 is 2.57 bits per heavy atom. The van der Waals surface area contributed by atoms with Gasteiger partial charge in [0, 0.05) is 17.0 Å². The van der Waals surface area contributed by atoms with Gasteiger partial charge in [-0.25, -0.2) is 0 Å². The molecule has 1 atom stereocenters. The van der Waals surface area contributed by atoms with Crippen molar-refractivity contribution in [3.8, 4) is 23.0 Å². The van der Waals surface area contributed by atoms with Crippen LogP contribution >= 0.6 is 0 Å². The van der Waals surface area contributed by atoms with Gasteiger partial charge in [0.25, 0.3) is 0 Å². The Morgan fingerprint density at radius 2 is 1.83 bits per heavy atom. The molecule has 0 fully saturated rings. The molecule has 176 valence electrons. The maximum atomic E-state index is 13.2. The molecule has 0 radical (unpaired) electrons. The molecular formula is C29H24O6. The molecule has 2 aliphatic rings. The Labute approximate surface area is 203 Å². The van der Waals surface area contributed by atoms with Crippen molar-refractivity contribution in [3.63, 3.8) is 0 Å². The lowest BCUT2D eigenvalue weighted by Crippen LogP contribution is -2.22. The summed E-state index contributed by atoms with van der Waals surface area (Å²) in [6.45, 7) is 6.15. The van der Waals surface area contributed by atoms with E-state index in [1.54, 1.807) is 25.3 Å². The number of methoxy groups -OCH3 is 1. The van der Waals surface area contributed by atoms with E-state index in [-0.39, 0.29) is 23.9 Å². The Kier molecular flexibility index (Phi) is 5.87. The van der Waals surface area contributed by atoms with E-state index in [4.69, 9.17) is 18.9 Å². The van der Waals surface area contributed by atoms with Gasteiger partial charge >= 0.3 is 5.97 Å². The average Bonchev–Trinajstić information content (AvgIpc) is 3.17. The Hall–Kier alpha value is -4.32. The van der Waals surface area contributed by atoms with Crippen molar-refractivity contribution in [2.75, 3.05) is 13.7 Å². The third-order valence-corrected chi connectivity index (χ3v) is 5.96. The fourth-order valence-electron chi connectivity index (χ4n) is 4.32. The van der Waals surface area contributed by atoms with Gasteiger partial charge in [0.05, 0.1) is 19.1 Å². The number of esters is 1. The van der Waals surface area contributed by atoms with Gasteiger partial charge in [0.1, 0.15) is 29.6 Å². The molecule has 0 aliphatic carbocycles. The lowest BCUT2D eigenvalue weighted by Gasteiger charge is -2.27. The molecule has 0 saturated carbocycles. The molecule has 3 aromatic rings. The maximum Gasteiger partial charge on any atom is 0.312 e. The third kappa shape index (κ3) is 4.30. The molecule has 0 bridgehead atoms. The van der Waals surface area contributed by atoms with E-state index in [9.17, 15) is 9.59 Å². The summed E-state index contributed by atoms with van der Waals surface area (Å²) in [5, 5.41) is 0. The Balaban J connectivity index is 1.57. The highest BCUT2D eigenvalue weighted by molar-refractivity contribution is 6.15. The summed E-state index contributed by atoms with van der Waals surface area (Å²) < 4.78 is 22.9. The topological polar surface area (TPSA) is 71.1 Å². The van der Waals surface area contributed by atoms with Crippen LogP contribution in [0.3, 0.4) is 0 Å². The molecule has 0 N–H and O–H groups in total. The van der Waals surface area contributed by atoms with Crippen molar-refractivity contribution >= 4 is 17.8 Å². The number of rotatable bonds is 6. The summed E-state index contributed by atoms with van der Waals surface area (Å²) in [5.74, 6) is 1.42. The van der Waals surface area contributed by atoms with Gasteiger partial charge in [0.2, 0.25) is 5.78 Å². The summed E-state index contributed by atoms with van der Waals surface area (Å²) in [7, 11) is 1.60. The number of fused-ring (bicyclic) bond motifs is 3. The van der Waals surface area contributed by atoms with Gasteiger partial charge in [-0.2, -0.15) is 0 Å². The Bertz CT molecular complexity index is 1370. The van der Waals surface area contributed by atoms with Crippen LogP contribution in [0.2, 0.25) is 0 Å². The molecule has 6 nitrogen and oxygen atoms in total. The first-order chi connectivity index (χ1) is 16.9. The van der Waals surface area contributed by atoms with Gasteiger partial charge in [-0.3, -0.25) is 9.59 Å². The molecule has 3 aromatic carbocycles. The minimum Gasteiger partial charge on any atom is -0.497 e. The minimum absolute atomic E-state index is 0.103. The van der Waals surface area contributed by atoms with Crippen LogP contribution in [0.5, 0.6) is 23.0 Å². The standard InChI is InChI=1S/C29H24O6/c1-17(2)16-33-23-7-5-4-6-20(23)22-15-26(30)34-24-13-12-21-28(31)25(35-29(21)27(22)24)14-18-8-10-19(32-3)11-9-18/h4-14,22H,1,15-16H2,2-3H3/b25-14-. The number of carbonyl (C=O) groups excluding carboxylic acids is 2. The highest BCUT2D eigenvalue weighted by Gasteiger charge is 2.39. The van der Waals surface area contributed by atoms with E-state index in [1.165, 1.54) is 0 Å². The van der Waals surface area contributed by atoms with Crippen LogP contribution in [-0.2, 0) is 4.79 Å². The van der Waals surface area contributed by atoms with E-state index < -0.39 is 5.92 Å². The van der Waals surface area contributed by atoms with Gasteiger partial charge < -0.3 is 18.9 Å². The summed E-state index contributed by atoms with van der Waals surface area (Å²) in [6, 6.07) is 18.2. The SMILES string of the molecule is C=C(C)COc1ccccc1C1CC(=O)Oc2ccc3c(c21)O/C(=C\c1ccc(OC)cc1)C3=O. The predicted molar refractivity (Wildman–Crippen MR) is 131 cm³/mol. The zero-order valence-electron chi connectivity index (χ0n) is 19.5. The fraction of sp³-hybridized carbons (Fsp3) is 0.172. The predicted octanol–water partition coefficient (Wildman–Crippen LogP) is 5.71. The molecule has 1 unspecified atom stereocenters. The van der Waals surface area contributed by atoms with Gasteiger partial charge in [-0.05, 0) is 54.5 Å². The molecular weight excluding hydrogens is 444 g/mol. The molecule has 2 aliphatic heterocycles. The number of ketones is 1. The molecule has 0 amide bonds. The lowest BCUT2D eigenvalue weighted by atomic mass is 9.84. The second-order valence-corrected chi connectivity index (χ2v) is 8.58. The highest BCUT2D eigenvalue weighted by Crippen LogP contribution is 2.50. The summed E-state index contributed by atoms with van der Waals surface area (Å²) >= 11 is 0. The summed E-state index contributed by atoms with van der Waals surface area (Å²) in [4.78, 5) is 25.7. The van der Waals surface area contributed by atoms with Gasteiger partial charge in [0.15, 0.2) is 5.76 Å². The molecule has 2 heterocycles. The van der Waals surface area contributed by atoms with Crippen LogP contribution in [0, 0.1) is 0 Å². The minimum atomic E-state index is -0.393. The van der Waals surface area contributed by atoms with Crippen molar-refractivity contribution in [3.05, 3.63) is 101 Å². The quantitative estimate of drug-likeness (QED) is 0.200. The van der Waals surface area contributed by atoms with E-state index in [2.05, 4.69) is 6.58 Å². The first-order valence-electron chi connectivity index (χ1n) is 11.3. The zero-order chi connectivity index (χ0) is 24.5. The number of para-hydroxylation sites is 1. The van der Waals surface area contributed by atoms with Crippen LogP contribution in [0.15, 0.2) is 78.6 Å². The number of benzene rings is 3. The van der Waals surface area contributed by atoms with Crippen molar-refractivity contribution in [2.45, 2.75) is 19.3 Å². The largest absolute Gasteiger partial charge is 0.497 e. The van der Waals surface area contributed by atoms with Crippen LogP contribution in [0.25, 0.3) is 6.08 Å². The number of hydrogen-bond acceptors (Lipinski definition) is 6. The Morgan fingerprint density at radius 1 is 1.06 bits per heavy atom. The normalized spacial score (nSPS) is 17.3. The van der Waals surface area contributed by atoms with E-state index in [0.717, 1.165) is 22.4 Å². The summed E-state index contributed by atoms with van der Waals surface area (Å²) in [6.07, 6.45) is 1.80. The smallest absolute Gasteiger partial charge is 0.312 e. The van der Waals surface area contributed by atoms with Crippen LogP contribution in [0.4, 0.5) is 0 Å². The average molecular weight is 469 g/mol. The zero-order valence-corrected chi connectivity index (χ0v) is 19.5. The molecule has 0 aromatic heterocycles. The molecule has 0 spiro atoms. The van der Waals surface area contributed by atoms with Crippen molar-refractivity contribution in [1.29, 1.82) is 0 Å². The summed E-state index contributed by atoms with van der Waals surface area (Å²) in [5.41, 5.74) is 3.61. The van der Waals surface area contributed by atoms with Crippen molar-refractivity contribution in [2.24, 2.45) is 0 Å². The third-order valence-electron chi connectivity index (χ3n) is 5.96. The number of Topliss-reactive ketones (excluding diaryl/α,β-unsaturated/α-hetero) is 1. The van der Waals surface area contributed by atoms with Crippen LogP contribution in [-0.4, -0.2) is 25.5 Å². The van der Waals surface area contributed by atoms with E-state index in [0.29, 0.717) is 35.0 Å². The van der Waals surface area contributed by atoms with Crippen LogP contribution < -0.4 is 18.9 Å². The molecule has 35 heavy (non-hydrogen) atoms. The first-order valence-corrected chi connectivity index (χ1v) is 11.3. The maximum absolute atomic E-state index is 13.2. The van der Waals surface area contributed by atoms with Gasteiger partial charge in [-0.1, -0.05) is 36.9 Å². The monoisotopic (exact) mass is 468 g/mol. The number of allylic oxidation sites excluding steroid dienone is 1. The van der Waals surface area contributed by atoms with E-state index >= 15 is 0 Å². The number of carbonyl (C=O) groups is 2. The first kappa shape index (κ1) is 22.5. The van der Waals surface area contributed by atoms with Crippen molar-refractivity contribution < 1.29 is 28.5 Å². The number of ether oxygens (including phenoxy) is 4. The molecule has 5 rings (SSSR count). The number of hydrogen-bond donors (Lipinski definition) is 0. The second kappa shape index (κ2) is 9.14. The van der Waals surface area contributed by atoms with Gasteiger partial charge in [-0.15, -0.1) is 0 Å². The highest BCUT2D eigenvalue weighted by atomic mass is 16.5. The van der Waals surface area contributed by atoms with E-state index in [1.807, 2.05) is 55.5 Å². The second-order valence-electron chi connectivity index (χ2n) is 8.58. The van der Waals surface area contributed by atoms with Crippen LogP contribution in [0.1, 0.15) is 46.3 Å².